The lowest BCUT2D eigenvalue weighted by Gasteiger charge is -2.18. The molecule has 1 unspecified atom stereocenters. The van der Waals surface area contributed by atoms with Gasteiger partial charge >= 0.3 is 5.97 Å². The molecule has 1 saturated carbocycles. The Kier molecular flexibility index (Phi) is 3.45. The molecule has 1 aliphatic rings. The number of aliphatic carboxylic acids is 1. The first-order chi connectivity index (χ1) is 8.52. The smallest absolute Gasteiger partial charge is 0.303 e. The molecular formula is C14H18O4. The molecule has 1 aromatic rings. The summed E-state index contributed by atoms with van der Waals surface area (Å²) in [5.74, 6) is 0.299. The van der Waals surface area contributed by atoms with Crippen LogP contribution < -0.4 is 4.74 Å². The summed E-state index contributed by atoms with van der Waals surface area (Å²) >= 11 is 0. The summed E-state index contributed by atoms with van der Waals surface area (Å²) < 4.78 is 5.24. The lowest BCUT2D eigenvalue weighted by atomic mass is 9.89. The zero-order valence-corrected chi connectivity index (χ0v) is 10.6. The topological polar surface area (TPSA) is 66.8 Å². The van der Waals surface area contributed by atoms with Gasteiger partial charge in [-0.3, -0.25) is 4.79 Å². The Morgan fingerprint density at radius 1 is 1.50 bits per heavy atom. The average molecular weight is 250 g/mol. The van der Waals surface area contributed by atoms with E-state index in [0.717, 1.165) is 18.4 Å². The fourth-order valence-electron chi connectivity index (χ4n) is 2.42. The molecule has 1 fully saturated rings. The standard InChI is InChI=1S/C14H18O4/c1-8-5-12(15)11(6-13(8)18-2)10(7-14(16)17)9-3-4-9/h5-6,9-10,15H,3-4,7H2,1-2H3,(H,16,17). The molecule has 2 rings (SSSR count). The van der Waals surface area contributed by atoms with Crippen molar-refractivity contribution in [3.63, 3.8) is 0 Å². The molecule has 4 heteroatoms. The molecule has 1 atom stereocenters. The third kappa shape index (κ3) is 2.58. The molecule has 0 heterocycles. The number of phenolic OH excluding ortho intramolecular Hbond substituents is 1. The van der Waals surface area contributed by atoms with Crippen LogP contribution in [0.1, 0.15) is 36.3 Å². The van der Waals surface area contributed by atoms with E-state index in [4.69, 9.17) is 9.84 Å². The van der Waals surface area contributed by atoms with Gasteiger partial charge < -0.3 is 14.9 Å². The zero-order chi connectivity index (χ0) is 13.3. The third-order valence-electron chi connectivity index (χ3n) is 3.53. The van der Waals surface area contributed by atoms with Gasteiger partial charge in [0.1, 0.15) is 11.5 Å². The first kappa shape index (κ1) is 12.7. The van der Waals surface area contributed by atoms with E-state index in [2.05, 4.69) is 0 Å². The monoisotopic (exact) mass is 250 g/mol. The minimum atomic E-state index is -0.828. The van der Waals surface area contributed by atoms with Gasteiger partial charge in [-0.15, -0.1) is 0 Å². The molecule has 0 spiro atoms. The van der Waals surface area contributed by atoms with Crippen molar-refractivity contribution in [1.29, 1.82) is 0 Å². The highest BCUT2D eigenvalue weighted by Gasteiger charge is 2.35. The molecule has 98 valence electrons. The van der Waals surface area contributed by atoms with Gasteiger partial charge in [0.05, 0.1) is 13.5 Å². The van der Waals surface area contributed by atoms with Crippen LogP contribution in [0.15, 0.2) is 12.1 Å². The van der Waals surface area contributed by atoms with E-state index in [1.165, 1.54) is 0 Å². The Bertz CT molecular complexity index is 463. The van der Waals surface area contributed by atoms with Crippen LogP contribution >= 0.6 is 0 Å². The van der Waals surface area contributed by atoms with Crippen molar-refractivity contribution in [2.45, 2.75) is 32.1 Å². The van der Waals surface area contributed by atoms with Crippen LogP contribution in [0.4, 0.5) is 0 Å². The number of ether oxygens (including phenoxy) is 1. The van der Waals surface area contributed by atoms with Gasteiger partial charge in [0, 0.05) is 11.5 Å². The SMILES string of the molecule is COc1cc(C(CC(=O)O)C2CC2)c(O)cc1C. The minimum Gasteiger partial charge on any atom is -0.508 e. The number of carboxylic acid groups (broad SMARTS) is 1. The molecule has 0 saturated heterocycles. The summed E-state index contributed by atoms with van der Waals surface area (Å²) in [5, 5.41) is 19.0. The molecular weight excluding hydrogens is 232 g/mol. The van der Waals surface area contributed by atoms with Crippen molar-refractivity contribution < 1.29 is 19.7 Å². The molecule has 4 nitrogen and oxygen atoms in total. The predicted octanol–water partition coefficient (Wildman–Crippen LogP) is 2.68. The highest BCUT2D eigenvalue weighted by molar-refractivity contribution is 5.68. The van der Waals surface area contributed by atoms with Gasteiger partial charge in [-0.1, -0.05) is 0 Å². The highest BCUT2D eigenvalue weighted by atomic mass is 16.5. The van der Waals surface area contributed by atoms with Crippen LogP contribution in [0.2, 0.25) is 0 Å². The average Bonchev–Trinajstić information content (AvgIpc) is 3.10. The highest BCUT2D eigenvalue weighted by Crippen LogP contribution is 2.47. The molecule has 2 N–H and O–H groups in total. The van der Waals surface area contributed by atoms with Gasteiger partial charge in [0.2, 0.25) is 0 Å². The quantitative estimate of drug-likeness (QED) is 0.843. The molecule has 1 aromatic carbocycles. The molecule has 18 heavy (non-hydrogen) atoms. The molecule has 0 aliphatic heterocycles. The second-order valence-electron chi connectivity index (χ2n) is 4.92. The number of methoxy groups -OCH3 is 1. The second-order valence-corrected chi connectivity index (χ2v) is 4.92. The number of phenols is 1. The number of benzene rings is 1. The van der Waals surface area contributed by atoms with E-state index in [1.807, 2.05) is 6.92 Å². The zero-order valence-electron chi connectivity index (χ0n) is 10.6. The Morgan fingerprint density at radius 3 is 2.67 bits per heavy atom. The van der Waals surface area contributed by atoms with Crippen LogP contribution in [0, 0.1) is 12.8 Å². The normalized spacial score (nSPS) is 16.3. The Hall–Kier alpha value is -1.71. The fraction of sp³-hybridized carbons (Fsp3) is 0.500. The molecule has 0 aromatic heterocycles. The van der Waals surface area contributed by atoms with Crippen molar-refractivity contribution in [2.24, 2.45) is 5.92 Å². The number of carboxylic acids is 1. The molecule has 0 amide bonds. The van der Waals surface area contributed by atoms with Crippen molar-refractivity contribution in [3.05, 3.63) is 23.3 Å². The van der Waals surface area contributed by atoms with Crippen molar-refractivity contribution in [1.82, 2.24) is 0 Å². The fourth-order valence-corrected chi connectivity index (χ4v) is 2.42. The van der Waals surface area contributed by atoms with Gasteiger partial charge in [-0.25, -0.2) is 0 Å². The number of aromatic hydroxyl groups is 1. The second kappa shape index (κ2) is 4.88. The largest absolute Gasteiger partial charge is 0.508 e. The summed E-state index contributed by atoms with van der Waals surface area (Å²) in [6.45, 7) is 1.85. The van der Waals surface area contributed by atoms with E-state index >= 15 is 0 Å². The van der Waals surface area contributed by atoms with Crippen molar-refractivity contribution in [3.8, 4) is 11.5 Å². The number of aryl methyl sites for hydroxylation is 1. The number of hydrogen-bond acceptors (Lipinski definition) is 3. The lowest BCUT2D eigenvalue weighted by Crippen LogP contribution is -2.09. The van der Waals surface area contributed by atoms with Gasteiger partial charge in [-0.2, -0.15) is 0 Å². The molecule has 0 bridgehead atoms. The third-order valence-corrected chi connectivity index (χ3v) is 3.53. The maximum absolute atomic E-state index is 10.9. The van der Waals surface area contributed by atoms with E-state index in [1.54, 1.807) is 19.2 Å². The van der Waals surface area contributed by atoms with Crippen LogP contribution in [0.3, 0.4) is 0 Å². The van der Waals surface area contributed by atoms with Crippen molar-refractivity contribution >= 4 is 5.97 Å². The molecule has 0 radical (unpaired) electrons. The number of hydrogen-bond donors (Lipinski definition) is 2. The maximum Gasteiger partial charge on any atom is 0.303 e. The van der Waals surface area contributed by atoms with Crippen LogP contribution in [-0.2, 0) is 4.79 Å². The summed E-state index contributed by atoms with van der Waals surface area (Å²) in [6.07, 6.45) is 2.13. The van der Waals surface area contributed by atoms with E-state index in [-0.39, 0.29) is 18.1 Å². The summed E-state index contributed by atoms with van der Waals surface area (Å²) in [7, 11) is 1.58. The Morgan fingerprint density at radius 2 is 2.17 bits per heavy atom. The van der Waals surface area contributed by atoms with Crippen molar-refractivity contribution in [2.75, 3.05) is 7.11 Å². The van der Waals surface area contributed by atoms with E-state index < -0.39 is 5.97 Å². The Balaban J connectivity index is 2.37. The molecule has 1 aliphatic carbocycles. The summed E-state index contributed by atoms with van der Waals surface area (Å²) in [5.41, 5.74) is 1.55. The number of rotatable bonds is 5. The van der Waals surface area contributed by atoms with Gasteiger partial charge in [0.25, 0.3) is 0 Å². The lowest BCUT2D eigenvalue weighted by molar-refractivity contribution is -0.137. The van der Waals surface area contributed by atoms with Crippen LogP contribution in [-0.4, -0.2) is 23.3 Å². The van der Waals surface area contributed by atoms with E-state index in [9.17, 15) is 9.90 Å². The van der Waals surface area contributed by atoms with Crippen LogP contribution in [0.25, 0.3) is 0 Å². The van der Waals surface area contributed by atoms with Gasteiger partial charge in [0.15, 0.2) is 0 Å². The first-order valence-electron chi connectivity index (χ1n) is 6.12. The predicted molar refractivity (Wildman–Crippen MR) is 67.1 cm³/mol. The maximum atomic E-state index is 10.9. The van der Waals surface area contributed by atoms with E-state index in [0.29, 0.717) is 17.2 Å². The summed E-state index contributed by atoms with van der Waals surface area (Å²) in [4.78, 5) is 10.9. The Labute approximate surface area is 106 Å². The van der Waals surface area contributed by atoms with Gasteiger partial charge in [-0.05, 0) is 43.4 Å². The summed E-state index contributed by atoms with van der Waals surface area (Å²) in [6, 6.07) is 3.42. The first-order valence-corrected chi connectivity index (χ1v) is 6.12. The minimum absolute atomic E-state index is 0.0600. The number of carbonyl (C=O) groups is 1. The van der Waals surface area contributed by atoms with Crippen LogP contribution in [0.5, 0.6) is 11.5 Å².